The topological polar surface area (TPSA) is 85.2 Å². The molecule has 0 aliphatic carbocycles. The molecule has 9 heteroatoms. The van der Waals surface area contributed by atoms with Gasteiger partial charge in [-0.15, -0.1) is 11.3 Å². The lowest BCUT2D eigenvalue weighted by atomic mass is 10.0. The lowest BCUT2D eigenvalue weighted by Gasteiger charge is -2.34. The zero-order valence-electron chi connectivity index (χ0n) is 19.0. The van der Waals surface area contributed by atoms with Gasteiger partial charge in [0.25, 0.3) is 5.91 Å². The number of hydrogen-bond donors (Lipinski definition) is 1. The second-order valence-corrected chi connectivity index (χ2v) is 9.56. The van der Waals surface area contributed by atoms with Gasteiger partial charge in [-0.25, -0.2) is 9.97 Å². The Bertz CT molecular complexity index is 1100. The zero-order chi connectivity index (χ0) is 22.3. The Kier molecular flexibility index (Phi) is 6.09. The summed E-state index contributed by atoms with van der Waals surface area (Å²) in [4.78, 5) is 24.9. The number of anilines is 1. The van der Waals surface area contributed by atoms with Crippen molar-refractivity contribution in [2.24, 2.45) is 7.05 Å². The molecule has 0 radical (unpaired) electrons. The molecule has 4 rings (SSSR count). The summed E-state index contributed by atoms with van der Waals surface area (Å²) in [6.07, 6.45) is 0.432. The number of thiazole rings is 1. The van der Waals surface area contributed by atoms with Crippen molar-refractivity contribution in [2.45, 2.75) is 59.3 Å². The minimum Gasteiger partial charge on any atom is -0.373 e. The number of fused-ring (bicyclic) bond motifs is 1. The molecule has 0 bridgehead atoms. The Hall–Kier alpha value is -2.36. The lowest BCUT2D eigenvalue weighted by Crippen LogP contribution is -2.44. The average Bonchev–Trinajstić information content (AvgIpc) is 3.23. The summed E-state index contributed by atoms with van der Waals surface area (Å²) >= 11 is 1.45. The molecule has 1 fully saturated rings. The molecule has 8 nitrogen and oxygen atoms in total. The van der Waals surface area contributed by atoms with Gasteiger partial charge < -0.3 is 4.74 Å². The van der Waals surface area contributed by atoms with Gasteiger partial charge in [0.2, 0.25) is 0 Å². The second kappa shape index (κ2) is 8.64. The molecular weight excluding hydrogens is 412 g/mol. The number of morpholine rings is 1. The fourth-order valence-electron chi connectivity index (χ4n) is 4.18. The number of aromatic nitrogens is 4. The molecule has 166 valence electrons. The molecule has 3 aromatic rings. The van der Waals surface area contributed by atoms with E-state index in [1.54, 1.807) is 4.68 Å². The first-order chi connectivity index (χ1) is 14.7. The quantitative estimate of drug-likeness (QED) is 0.648. The van der Waals surface area contributed by atoms with Crippen LogP contribution >= 0.6 is 11.3 Å². The number of carbonyl (C=O) groups is 1. The van der Waals surface area contributed by atoms with Gasteiger partial charge >= 0.3 is 0 Å². The fraction of sp³-hybridized carbons (Fsp3) is 0.545. The fourth-order valence-corrected chi connectivity index (χ4v) is 4.88. The predicted molar refractivity (Wildman–Crippen MR) is 123 cm³/mol. The molecule has 1 N–H and O–H groups in total. The van der Waals surface area contributed by atoms with Gasteiger partial charge in [-0.1, -0.05) is 13.8 Å². The maximum atomic E-state index is 13.2. The largest absolute Gasteiger partial charge is 0.373 e. The van der Waals surface area contributed by atoms with Crippen LogP contribution in [0, 0.1) is 6.92 Å². The van der Waals surface area contributed by atoms with Crippen molar-refractivity contribution in [3.63, 3.8) is 0 Å². The molecule has 1 saturated heterocycles. The highest BCUT2D eigenvalue weighted by molar-refractivity contribution is 7.14. The van der Waals surface area contributed by atoms with Gasteiger partial charge in [-0.05, 0) is 32.8 Å². The molecule has 31 heavy (non-hydrogen) atoms. The van der Waals surface area contributed by atoms with Crippen LogP contribution in [-0.4, -0.2) is 55.9 Å². The van der Waals surface area contributed by atoms with E-state index in [1.807, 2.05) is 25.4 Å². The molecule has 4 heterocycles. The van der Waals surface area contributed by atoms with Crippen molar-refractivity contribution in [3.8, 4) is 0 Å². The average molecular weight is 443 g/mol. The van der Waals surface area contributed by atoms with Crippen LogP contribution in [0.25, 0.3) is 11.0 Å². The highest BCUT2D eigenvalue weighted by atomic mass is 32.1. The van der Waals surface area contributed by atoms with Crippen molar-refractivity contribution >= 4 is 33.4 Å². The van der Waals surface area contributed by atoms with Crippen molar-refractivity contribution in [3.05, 3.63) is 34.1 Å². The van der Waals surface area contributed by atoms with Gasteiger partial charge in [0.05, 0.1) is 34.5 Å². The van der Waals surface area contributed by atoms with Crippen molar-refractivity contribution in [2.75, 3.05) is 18.4 Å². The van der Waals surface area contributed by atoms with E-state index in [-0.39, 0.29) is 24.0 Å². The molecule has 0 spiro atoms. The van der Waals surface area contributed by atoms with E-state index >= 15 is 0 Å². The van der Waals surface area contributed by atoms with Gasteiger partial charge in [-0.3, -0.25) is 19.7 Å². The van der Waals surface area contributed by atoms with E-state index in [4.69, 9.17) is 9.72 Å². The lowest BCUT2D eigenvalue weighted by molar-refractivity contribution is -0.0707. The van der Waals surface area contributed by atoms with Crippen LogP contribution in [0.4, 0.5) is 5.13 Å². The van der Waals surface area contributed by atoms with Crippen LogP contribution in [0.1, 0.15) is 61.1 Å². The third-order valence-electron chi connectivity index (χ3n) is 5.48. The minimum atomic E-state index is -0.181. The standard InChI is InChI=1S/C22H30N6O2S/c1-12(2)18-7-17(19-15(5)26-27(6)20(19)24-18)21(29)25-22-23-16(11-31-22)10-28-8-13(3)30-14(4)9-28/h7,11-14H,8-10H2,1-6H3,(H,23,25,29)/t13-,14+. The summed E-state index contributed by atoms with van der Waals surface area (Å²) in [7, 11) is 1.86. The third-order valence-corrected chi connectivity index (χ3v) is 6.28. The minimum absolute atomic E-state index is 0.181. The van der Waals surface area contributed by atoms with Gasteiger partial charge in [0, 0.05) is 37.8 Å². The summed E-state index contributed by atoms with van der Waals surface area (Å²) in [5.41, 5.74) is 3.94. The Morgan fingerprint density at radius 1 is 1.29 bits per heavy atom. The SMILES string of the molecule is Cc1nn(C)c2nc(C(C)C)cc(C(=O)Nc3nc(CN4C[C@@H](C)O[C@@H](C)C4)cs3)c12. The van der Waals surface area contributed by atoms with E-state index in [1.165, 1.54) is 11.3 Å². The number of pyridine rings is 1. The number of rotatable bonds is 5. The summed E-state index contributed by atoms with van der Waals surface area (Å²) in [6, 6.07) is 1.88. The molecule has 1 aliphatic heterocycles. The van der Waals surface area contributed by atoms with E-state index < -0.39 is 0 Å². The summed E-state index contributed by atoms with van der Waals surface area (Å²) in [6.45, 7) is 12.8. The number of nitrogens with one attached hydrogen (secondary N) is 1. The van der Waals surface area contributed by atoms with Crippen LogP contribution in [0.2, 0.25) is 0 Å². The first-order valence-corrected chi connectivity index (χ1v) is 11.6. The molecule has 0 unspecified atom stereocenters. The maximum absolute atomic E-state index is 13.2. The highest BCUT2D eigenvalue weighted by Gasteiger charge is 2.24. The van der Waals surface area contributed by atoms with Crippen molar-refractivity contribution in [1.29, 1.82) is 0 Å². The van der Waals surface area contributed by atoms with E-state index in [0.29, 0.717) is 10.7 Å². The third kappa shape index (κ3) is 4.63. The van der Waals surface area contributed by atoms with Crippen LogP contribution in [0.15, 0.2) is 11.4 Å². The molecule has 1 aliphatic rings. The van der Waals surface area contributed by atoms with Crippen LogP contribution in [0.5, 0.6) is 0 Å². The number of amides is 1. The number of ether oxygens (including phenoxy) is 1. The molecule has 2 atom stereocenters. The Morgan fingerprint density at radius 3 is 2.68 bits per heavy atom. The molecule has 1 amide bonds. The van der Waals surface area contributed by atoms with Gasteiger partial charge in [0.15, 0.2) is 10.8 Å². The van der Waals surface area contributed by atoms with E-state index in [9.17, 15) is 4.79 Å². The Morgan fingerprint density at radius 2 is 2.00 bits per heavy atom. The first-order valence-electron chi connectivity index (χ1n) is 10.7. The highest BCUT2D eigenvalue weighted by Crippen LogP contribution is 2.26. The summed E-state index contributed by atoms with van der Waals surface area (Å²) < 4.78 is 7.54. The van der Waals surface area contributed by atoms with Gasteiger partial charge in [-0.2, -0.15) is 5.10 Å². The second-order valence-electron chi connectivity index (χ2n) is 8.71. The maximum Gasteiger partial charge on any atom is 0.258 e. The number of hydrogen-bond acceptors (Lipinski definition) is 7. The molecule has 3 aromatic heterocycles. The molecule has 0 saturated carbocycles. The number of carbonyl (C=O) groups excluding carboxylic acids is 1. The first kappa shape index (κ1) is 21.9. The Balaban J connectivity index is 1.55. The monoisotopic (exact) mass is 442 g/mol. The molecule has 0 aromatic carbocycles. The van der Waals surface area contributed by atoms with E-state index in [2.05, 4.69) is 48.0 Å². The van der Waals surface area contributed by atoms with Crippen LogP contribution in [0.3, 0.4) is 0 Å². The number of aryl methyl sites for hydroxylation is 2. The predicted octanol–water partition coefficient (Wildman–Crippen LogP) is 3.72. The number of nitrogens with zero attached hydrogens (tertiary/aromatic N) is 5. The van der Waals surface area contributed by atoms with Crippen LogP contribution < -0.4 is 5.32 Å². The normalized spacial score (nSPS) is 20.0. The van der Waals surface area contributed by atoms with Crippen LogP contribution in [-0.2, 0) is 18.3 Å². The summed E-state index contributed by atoms with van der Waals surface area (Å²) in [5, 5.41) is 10.9. The van der Waals surface area contributed by atoms with Gasteiger partial charge in [0.1, 0.15) is 0 Å². The van der Waals surface area contributed by atoms with Crippen molar-refractivity contribution < 1.29 is 9.53 Å². The Labute approximate surface area is 186 Å². The zero-order valence-corrected chi connectivity index (χ0v) is 19.8. The van der Waals surface area contributed by atoms with E-state index in [0.717, 1.165) is 47.7 Å². The summed E-state index contributed by atoms with van der Waals surface area (Å²) in [5.74, 6) is 0.0239. The van der Waals surface area contributed by atoms with Crippen molar-refractivity contribution in [1.82, 2.24) is 24.6 Å². The molecular formula is C22H30N6O2S. The smallest absolute Gasteiger partial charge is 0.258 e.